The second-order valence-electron chi connectivity index (χ2n) is 6.77. The largest absolute Gasteiger partial charge is 0.504 e. The van der Waals surface area contributed by atoms with E-state index in [4.69, 9.17) is 10.2 Å². The molecule has 4 aromatic carbocycles. The summed E-state index contributed by atoms with van der Waals surface area (Å²) in [5.74, 6) is -1.97. The molecule has 0 aliphatic heterocycles. The predicted octanol–water partition coefficient (Wildman–Crippen LogP) is 6.40. The average molecular weight is 456 g/mol. The van der Waals surface area contributed by atoms with E-state index in [1.54, 1.807) is 84.9 Å². The lowest BCUT2D eigenvalue weighted by Gasteiger charge is -2.04. The number of hydrogen-bond donors (Lipinski definition) is 4. The van der Waals surface area contributed by atoms with Crippen LogP contribution in [0.25, 0.3) is 11.5 Å². The first-order valence-corrected chi connectivity index (χ1v) is 10.2. The Morgan fingerprint density at radius 2 is 0.559 bits per heavy atom. The van der Waals surface area contributed by atoms with E-state index >= 15 is 0 Å². The van der Waals surface area contributed by atoms with Gasteiger partial charge < -0.3 is 20.4 Å². The fourth-order valence-corrected chi connectivity index (χ4v) is 2.63. The number of aliphatic hydroxyl groups excluding tert-OH is 2. The minimum atomic E-state index is -0.879. The summed E-state index contributed by atoms with van der Waals surface area (Å²) in [5.41, 5.74) is 1.86. The van der Waals surface area contributed by atoms with E-state index in [1.165, 1.54) is 0 Å². The third-order valence-corrected chi connectivity index (χ3v) is 4.36. The number of hydrogen-bond acceptors (Lipinski definition) is 4. The molecule has 0 spiro atoms. The van der Waals surface area contributed by atoms with Crippen molar-refractivity contribution in [2.24, 2.45) is 0 Å². The Bertz CT molecular complexity index is 1090. The molecule has 0 amide bonds. The second-order valence-corrected chi connectivity index (χ2v) is 6.77. The molecule has 0 bridgehead atoms. The lowest BCUT2D eigenvalue weighted by atomic mass is 10.1. The van der Waals surface area contributed by atoms with Gasteiger partial charge in [-0.1, -0.05) is 97.1 Å². The van der Waals surface area contributed by atoms with Crippen LogP contribution in [0.5, 0.6) is 0 Å². The Morgan fingerprint density at radius 3 is 0.735 bits per heavy atom. The Morgan fingerprint density at radius 1 is 0.353 bits per heavy atom. The topological polar surface area (TPSA) is 115 Å². The van der Waals surface area contributed by atoms with Crippen molar-refractivity contribution in [1.29, 1.82) is 0 Å². The summed E-state index contributed by atoms with van der Waals surface area (Å²) in [6.45, 7) is 0. The van der Waals surface area contributed by atoms with Gasteiger partial charge in [0.2, 0.25) is 0 Å². The maximum atomic E-state index is 10.2. The average Bonchev–Trinajstić information content (AvgIpc) is 2.90. The van der Waals surface area contributed by atoms with Crippen LogP contribution in [0.15, 0.2) is 121 Å². The summed E-state index contributed by atoms with van der Waals surface area (Å²) in [6, 6.07) is 34.5. The van der Waals surface area contributed by atoms with Crippen LogP contribution in [-0.2, 0) is 0 Å². The van der Waals surface area contributed by atoms with Crippen molar-refractivity contribution >= 4 is 23.5 Å². The van der Waals surface area contributed by atoms with Crippen LogP contribution in [0.2, 0.25) is 0 Å². The van der Waals surface area contributed by atoms with Crippen molar-refractivity contribution in [3.63, 3.8) is 0 Å². The van der Waals surface area contributed by atoms with Gasteiger partial charge in [0.15, 0.2) is 11.5 Å². The minimum absolute atomic E-state index is 0.105. The summed E-state index contributed by atoms with van der Waals surface area (Å²) in [4.78, 5) is 20.4. The third kappa shape index (κ3) is 8.36. The number of aliphatic hydroxyl groups is 2. The first-order chi connectivity index (χ1) is 16.4. The summed E-state index contributed by atoms with van der Waals surface area (Å²) < 4.78 is 0. The number of aromatic carboxylic acids is 2. The molecule has 0 aromatic heterocycles. The second kappa shape index (κ2) is 13.5. The van der Waals surface area contributed by atoms with Crippen LogP contribution in [0.4, 0.5) is 0 Å². The summed E-state index contributed by atoms with van der Waals surface area (Å²) in [5, 5.41) is 36.5. The molecule has 0 fully saturated rings. The van der Waals surface area contributed by atoms with E-state index in [2.05, 4.69) is 0 Å². The van der Waals surface area contributed by atoms with E-state index in [9.17, 15) is 19.8 Å². The fraction of sp³-hybridized carbons (Fsp3) is 0. The monoisotopic (exact) mass is 456 g/mol. The maximum Gasteiger partial charge on any atom is 0.335 e. The Labute approximate surface area is 197 Å². The molecule has 0 unspecified atom stereocenters. The molecule has 4 aromatic rings. The van der Waals surface area contributed by atoms with Gasteiger partial charge in [-0.3, -0.25) is 0 Å². The highest BCUT2D eigenvalue weighted by Crippen LogP contribution is 2.21. The summed E-state index contributed by atoms with van der Waals surface area (Å²) >= 11 is 0. The molecule has 0 saturated heterocycles. The number of benzene rings is 4. The van der Waals surface area contributed by atoms with Crippen molar-refractivity contribution in [1.82, 2.24) is 0 Å². The quantitative estimate of drug-likeness (QED) is 0.209. The van der Waals surface area contributed by atoms with Crippen molar-refractivity contribution in [3.8, 4) is 0 Å². The van der Waals surface area contributed by atoms with Crippen LogP contribution in [0, 0.1) is 0 Å². The molecular formula is C28H24O6. The van der Waals surface area contributed by atoms with Crippen molar-refractivity contribution in [2.75, 3.05) is 0 Å². The molecule has 6 heteroatoms. The standard InChI is InChI=1S/C14H12O2.2C7H6O2/c15-13(11-7-3-1-4-8-11)14(16)12-9-5-2-6-10-12;2*8-7(9)6-4-2-1-3-5-6/h1-10,15-16H;2*1-5H,(H,8,9). The Kier molecular flexibility index (Phi) is 10.1. The SMILES string of the molecule is O=C(O)c1ccccc1.O=C(O)c1ccccc1.OC(=C(O)c1ccccc1)c1ccccc1. The van der Waals surface area contributed by atoms with Gasteiger partial charge in [0.25, 0.3) is 0 Å². The molecule has 0 atom stereocenters. The van der Waals surface area contributed by atoms with Crippen molar-refractivity contribution < 1.29 is 30.0 Å². The van der Waals surface area contributed by atoms with E-state index in [0.29, 0.717) is 22.3 Å². The van der Waals surface area contributed by atoms with Gasteiger partial charge in [0, 0.05) is 11.1 Å². The number of carboxylic acid groups (broad SMARTS) is 2. The highest BCUT2D eigenvalue weighted by Gasteiger charge is 2.07. The van der Waals surface area contributed by atoms with Crippen LogP contribution >= 0.6 is 0 Å². The van der Waals surface area contributed by atoms with Crippen LogP contribution < -0.4 is 0 Å². The first-order valence-electron chi connectivity index (χ1n) is 10.2. The van der Waals surface area contributed by atoms with Crippen LogP contribution in [0.1, 0.15) is 31.8 Å². The highest BCUT2D eigenvalue weighted by molar-refractivity contribution is 5.87. The minimum Gasteiger partial charge on any atom is -0.504 e. The Balaban J connectivity index is 0.000000194. The van der Waals surface area contributed by atoms with Gasteiger partial charge in [0.05, 0.1) is 11.1 Å². The predicted molar refractivity (Wildman–Crippen MR) is 132 cm³/mol. The number of carbonyl (C=O) groups is 2. The number of carboxylic acids is 2. The van der Waals surface area contributed by atoms with Crippen molar-refractivity contribution in [2.45, 2.75) is 0 Å². The van der Waals surface area contributed by atoms with E-state index in [1.807, 2.05) is 36.4 Å². The van der Waals surface area contributed by atoms with Gasteiger partial charge in [0.1, 0.15) is 0 Å². The molecule has 172 valence electrons. The molecule has 0 aliphatic carbocycles. The summed E-state index contributed by atoms with van der Waals surface area (Å²) in [6.07, 6.45) is 0. The molecule has 4 N–H and O–H groups in total. The van der Waals surface area contributed by atoms with E-state index in [0.717, 1.165) is 0 Å². The molecular weight excluding hydrogens is 432 g/mol. The molecule has 0 radical (unpaired) electrons. The summed E-state index contributed by atoms with van der Waals surface area (Å²) in [7, 11) is 0. The highest BCUT2D eigenvalue weighted by atomic mass is 16.4. The molecule has 0 heterocycles. The third-order valence-electron chi connectivity index (χ3n) is 4.36. The smallest absolute Gasteiger partial charge is 0.335 e. The zero-order valence-electron chi connectivity index (χ0n) is 18.2. The van der Waals surface area contributed by atoms with Gasteiger partial charge in [-0.15, -0.1) is 0 Å². The molecule has 0 saturated carbocycles. The van der Waals surface area contributed by atoms with Gasteiger partial charge in [-0.05, 0) is 24.3 Å². The zero-order chi connectivity index (χ0) is 24.8. The lowest BCUT2D eigenvalue weighted by Crippen LogP contribution is -1.93. The maximum absolute atomic E-state index is 10.2. The normalized spacial score (nSPS) is 10.4. The van der Waals surface area contributed by atoms with Crippen molar-refractivity contribution in [3.05, 3.63) is 144 Å². The molecule has 0 aliphatic rings. The molecule has 6 nitrogen and oxygen atoms in total. The molecule has 4 rings (SSSR count). The zero-order valence-corrected chi connectivity index (χ0v) is 18.2. The lowest BCUT2D eigenvalue weighted by molar-refractivity contribution is 0.0686. The fourth-order valence-electron chi connectivity index (χ4n) is 2.63. The van der Waals surface area contributed by atoms with Crippen LogP contribution in [-0.4, -0.2) is 32.4 Å². The first kappa shape index (κ1) is 25.4. The van der Waals surface area contributed by atoms with Gasteiger partial charge in [-0.2, -0.15) is 0 Å². The molecule has 34 heavy (non-hydrogen) atoms. The van der Waals surface area contributed by atoms with E-state index < -0.39 is 11.9 Å². The van der Waals surface area contributed by atoms with E-state index in [-0.39, 0.29) is 11.5 Å². The van der Waals surface area contributed by atoms with Gasteiger partial charge >= 0.3 is 11.9 Å². The van der Waals surface area contributed by atoms with Gasteiger partial charge in [-0.25, -0.2) is 9.59 Å². The Hall–Kier alpha value is -4.84. The number of rotatable bonds is 4. The van der Waals surface area contributed by atoms with Crippen LogP contribution in [0.3, 0.4) is 0 Å².